The van der Waals surface area contributed by atoms with Gasteiger partial charge in [0.2, 0.25) is 0 Å². The quantitative estimate of drug-likeness (QED) is 0.830. The van der Waals surface area contributed by atoms with Gasteiger partial charge in [0.1, 0.15) is 0 Å². The van der Waals surface area contributed by atoms with Crippen molar-refractivity contribution in [2.75, 3.05) is 19.7 Å². The minimum absolute atomic E-state index is 0.0739. The van der Waals surface area contributed by atoms with Gasteiger partial charge in [0.25, 0.3) is 0 Å². The van der Waals surface area contributed by atoms with Crippen LogP contribution < -0.4 is 5.73 Å². The molecule has 0 spiro atoms. The molecule has 2 rings (SSSR count). The van der Waals surface area contributed by atoms with Crippen LogP contribution >= 0.6 is 0 Å². The molecular formula is C14H22N2O. The molecule has 94 valence electrons. The predicted molar refractivity (Wildman–Crippen MR) is 69.5 cm³/mol. The molecule has 0 bridgehead atoms. The van der Waals surface area contributed by atoms with E-state index < -0.39 is 0 Å². The van der Waals surface area contributed by atoms with E-state index in [-0.39, 0.29) is 12.0 Å². The van der Waals surface area contributed by atoms with E-state index in [0.717, 1.165) is 13.1 Å². The van der Waals surface area contributed by atoms with E-state index in [0.29, 0.717) is 12.6 Å². The molecule has 17 heavy (non-hydrogen) atoms. The first-order chi connectivity index (χ1) is 8.07. The van der Waals surface area contributed by atoms with Crippen LogP contribution in [0.4, 0.5) is 0 Å². The van der Waals surface area contributed by atoms with Crippen LogP contribution in [0.25, 0.3) is 0 Å². The molecule has 0 amide bonds. The minimum atomic E-state index is -0.0739. The van der Waals surface area contributed by atoms with Crippen molar-refractivity contribution in [3.05, 3.63) is 35.4 Å². The maximum absolute atomic E-state index is 9.37. The van der Waals surface area contributed by atoms with Crippen LogP contribution in [-0.2, 0) is 6.54 Å². The Kier molecular flexibility index (Phi) is 3.52. The lowest BCUT2D eigenvalue weighted by Crippen LogP contribution is -2.37. The van der Waals surface area contributed by atoms with Gasteiger partial charge in [0.15, 0.2) is 0 Å². The summed E-state index contributed by atoms with van der Waals surface area (Å²) in [5.74, 6) is 0. The van der Waals surface area contributed by atoms with E-state index in [1.807, 2.05) is 0 Å². The largest absolute Gasteiger partial charge is 0.396 e. The first-order valence-corrected chi connectivity index (χ1v) is 6.20. The second kappa shape index (κ2) is 4.77. The lowest BCUT2D eigenvalue weighted by Gasteiger charge is -2.32. The molecule has 0 saturated heterocycles. The van der Waals surface area contributed by atoms with Crippen LogP contribution in [0.1, 0.15) is 31.0 Å². The highest BCUT2D eigenvalue weighted by Gasteiger charge is 2.32. The van der Waals surface area contributed by atoms with Gasteiger partial charge in [0, 0.05) is 37.7 Å². The number of rotatable bonds is 4. The molecule has 3 heteroatoms. The van der Waals surface area contributed by atoms with Crippen molar-refractivity contribution in [1.29, 1.82) is 0 Å². The van der Waals surface area contributed by atoms with Crippen molar-refractivity contribution in [3.63, 3.8) is 0 Å². The van der Waals surface area contributed by atoms with E-state index in [1.54, 1.807) is 0 Å². The third kappa shape index (κ3) is 2.51. The fourth-order valence-corrected chi connectivity index (χ4v) is 2.57. The van der Waals surface area contributed by atoms with Gasteiger partial charge < -0.3 is 10.8 Å². The molecule has 1 aliphatic rings. The second-order valence-electron chi connectivity index (χ2n) is 5.68. The molecule has 1 aromatic carbocycles. The number of nitrogens with zero attached hydrogens (tertiary/aromatic N) is 1. The standard InChI is InChI=1S/C14H22N2O/c1-14(2,10-17)9-16-8-11-5-3-4-6-12(11)13(16)7-15/h3-6,13,17H,7-10,15H2,1-2H3. The van der Waals surface area contributed by atoms with E-state index in [9.17, 15) is 5.11 Å². The summed E-state index contributed by atoms with van der Waals surface area (Å²) in [7, 11) is 0. The number of benzene rings is 1. The van der Waals surface area contributed by atoms with Gasteiger partial charge in [-0.15, -0.1) is 0 Å². The summed E-state index contributed by atoms with van der Waals surface area (Å²) >= 11 is 0. The molecule has 0 fully saturated rings. The van der Waals surface area contributed by atoms with Crippen molar-refractivity contribution >= 4 is 0 Å². The third-order valence-corrected chi connectivity index (χ3v) is 3.51. The molecule has 0 saturated carbocycles. The van der Waals surface area contributed by atoms with Gasteiger partial charge in [-0.1, -0.05) is 38.1 Å². The maximum atomic E-state index is 9.37. The maximum Gasteiger partial charge on any atom is 0.0494 e. The highest BCUT2D eigenvalue weighted by Crippen LogP contribution is 2.34. The van der Waals surface area contributed by atoms with Crippen molar-refractivity contribution in [3.8, 4) is 0 Å². The van der Waals surface area contributed by atoms with Crippen LogP contribution in [0.2, 0.25) is 0 Å². The smallest absolute Gasteiger partial charge is 0.0494 e. The first kappa shape index (κ1) is 12.6. The van der Waals surface area contributed by atoms with Gasteiger partial charge in [-0.2, -0.15) is 0 Å². The van der Waals surface area contributed by atoms with Gasteiger partial charge in [0.05, 0.1) is 0 Å². The molecule has 3 nitrogen and oxygen atoms in total. The molecule has 0 aliphatic carbocycles. The molecular weight excluding hydrogens is 212 g/mol. The summed E-state index contributed by atoms with van der Waals surface area (Å²) in [6.07, 6.45) is 0. The Morgan fingerprint density at radius 1 is 1.41 bits per heavy atom. The summed E-state index contributed by atoms with van der Waals surface area (Å²) in [5, 5.41) is 9.37. The average Bonchev–Trinajstić information content (AvgIpc) is 2.65. The first-order valence-electron chi connectivity index (χ1n) is 6.20. The van der Waals surface area contributed by atoms with E-state index in [2.05, 4.69) is 43.0 Å². The van der Waals surface area contributed by atoms with Crippen LogP contribution in [0.5, 0.6) is 0 Å². The number of aliphatic hydroxyl groups is 1. The minimum Gasteiger partial charge on any atom is -0.396 e. The summed E-state index contributed by atoms with van der Waals surface area (Å²) in [5.41, 5.74) is 8.54. The zero-order chi connectivity index (χ0) is 12.5. The third-order valence-electron chi connectivity index (χ3n) is 3.51. The van der Waals surface area contributed by atoms with Crippen molar-refractivity contribution < 1.29 is 5.11 Å². The zero-order valence-corrected chi connectivity index (χ0v) is 10.7. The topological polar surface area (TPSA) is 49.5 Å². The molecule has 1 aliphatic heterocycles. The lowest BCUT2D eigenvalue weighted by molar-refractivity contribution is 0.0846. The Balaban J connectivity index is 2.18. The number of hydrogen-bond donors (Lipinski definition) is 2. The fraction of sp³-hybridized carbons (Fsp3) is 0.571. The highest BCUT2D eigenvalue weighted by molar-refractivity contribution is 5.34. The number of hydrogen-bond acceptors (Lipinski definition) is 3. The van der Waals surface area contributed by atoms with Gasteiger partial charge >= 0.3 is 0 Å². The molecule has 0 radical (unpaired) electrons. The van der Waals surface area contributed by atoms with Crippen LogP contribution in [0.15, 0.2) is 24.3 Å². The summed E-state index contributed by atoms with van der Waals surface area (Å²) < 4.78 is 0. The van der Waals surface area contributed by atoms with Crippen LogP contribution in [0.3, 0.4) is 0 Å². The van der Waals surface area contributed by atoms with Crippen molar-refractivity contribution in [2.45, 2.75) is 26.4 Å². The van der Waals surface area contributed by atoms with Gasteiger partial charge in [-0.3, -0.25) is 4.90 Å². The van der Waals surface area contributed by atoms with Gasteiger partial charge in [-0.05, 0) is 11.1 Å². The summed E-state index contributed by atoms with van der Waals surface area (Å²) in [6.45, 7) is 6.84. The number of nitrogens with two attached hydrogens (primary N) is 1. The van der Waals surface area contributed by atoms with Crippen molar-refractivity contribution in [1.82, 2.24) is 4.90 Å². The second-order valence-corrected chi connectivity index (χ2v) is 5.68. The Bertz CT molecular complexity index is 390. The fourth-order valence-electron chi connectivity index (χ4n) is 2.57. The molecule has 3 N–H and O–H groups in total. The molecule has 1 heterocycles. The highest BCUT2D eigenvalue weighted by atomic mass is 16.3. The van der Waals surface area contributed by atoms with E-state index in [1.165, 1.54) is 11.1 Å². The normalized spacial score (nSPS) is 20.6. The van der Waals surface area contributed by atoms with Crippen LogP contribution in [0, 0.1) is 5.41 Å². The Morgan fingerprint density at radius 2 is 2.12 bits per heavy atom. The lowest BCUT2D eigenvalue weighted by atomic mass is 9.93. The van der Waals surface area contributed by atoms with Crippen LogP contribution in [-0.4, -0.2) is 29.7 Å². The summed E-state index contributed by atoms with van der Waals surface area (Å²) in [6, 6.07) is 8.79. The molecule has 1 aromatic rings. The Morgan fingerprint density at radius 3 is 2.76 bits per heavy atom. The molecule has 1 atom stereocenters. The van der Waals surface area contributed by atoms with E-state index >= 15 is 0 Å². The Labute approximate surface area is 103 Å². The van der Waals surface area contributed by atoms with Gasteiger partial charge in [-0.25, -0.2) is 0 Å². The SMILES string of the molecule is CC(C)(CO)CN1Cc2ccccc2C1CN. The average molecular weight is 234 g/mol. The zero-order valence-electron chi connectivity index (χ0n) is 10.7. The number of aliphatic hydroxyl groups excluding tert-OH is 1. The number of fused-ring (bicyclic) bond motifs is 1. The summed E-state index contributed by atoms with van der Waals surface area (Å²) in [4.78, 5) is 2.38. The van der Waals surface area contributed by atoms with E-state index in [4.69, 9.17) is 5.73 Å². The monoisotopic (exact) mass is 234 g/mol. The Hall–Kier alpha value is -0.900. The predicted octanol–water partition coefficient (Wildman–Crippen LogP) is 1.52. The molecule has 1 unspecified atom stereocenters. The molecule has 0 aromatic heterocycles. The van der Waals surface area contributed by atoms with Crippen molar-refractivity contribution in [2.24, 2.45) is 11.1 Å².